The van der Waals surface area contributed by atoms with E-state index in [-0.39, 0.29) is 5.95 Å². The van der Waals surface area contributed by atoms with Crippen molar-refractivity contribution < 1.29 is 0 Å². The zero-order valence-corrected chi connectivity index (χ0v) is 7.81. The van der Waals surface area contributed by atoms with E-state index in [0.29, 0.717) is 5.82 Å². The van der Waals surface area contributed by atoms with Gasteiger partial charge in [0.05, 0.1) is 0 Å². The summed E-state index contributed by atoms with van der Waals surface area (Å²) in [5.74, 6) is 6.42. The molecule has 0 amide bonds. The van der Waals surface area contributed by atoms with E-state index < -0.39 is 0 Å². The third-order valence-corrected chi connectivity index (χ3v) is 2.03. The molecular weight excluding hydrogens is 178 g/mol. The predicted molar refractivity (Wildman–Crippen MR) is 54.8 cm³/mol. The largest absolute Gasteiger partial charge is 0.366 e. The number of anilines is 1. The first-order valence-electron chi connectivity index (χ1n) is 4.21. The van der Waals surface area contributed by atoms with E-state index in [1.54, 1.807) is 0 Å². The van der Waals surface area contributed by atoms with Crippen LogP contribution in [-0.2, 0) is 0 Å². The second-order valence-electron chi connectivity index (χ2n) is 3.12. The Balaban J connectivity index is 2.49. The SMILES string of the molecule is Cc1ccc(-c2nnc(N)n2N)cc1. The van der Waals surface area contributed by atoms with Gasteiger partial charge < -0.3 is 11.6 Å². The average molecular weight is 189 g/mol. The third kappa shape index (κ3) is 1.28. The van der Waals surface area contributed by atoms with Crippen LogP contribution in [0.3, 0.4) is 0 Å². The summed E-state index contributed by atoms with van der Waals surface area (Å²) in [5, 5.41) is 7.56. The van der Waals surface area contributed by atoms with Crippen molar-refractivity contribution in [2.75, 3.05) is 11.6 Å². The Morgan fingerprint density at radius 1 is 1.14 bits per heavy atom. The van der Waals surface area contributed by atoms with Crippen molar-refractivity contribution in [3.05, 3.63) is 29.8 Å². The third-order valence-electron chi connectivity index (χ3n) is 2.03. The van der Waals surface area contributed by atoms with Crippen LogP contribution in [-0.4, -0.2) is 14.9 Å². The molecule has 0 unspecified atom stereocenters. The summed E-state index contributed by atoms with van der Waals surface area (Å²) in [5.41, 5.74) is 7.56. The molecule has 2 rings (SSSR count). The maximum Gasteiger partial charge on any atom is 0.241 e. The number of nitrogens with two attached hydrogens (primary N) is 2. The maximum absolute atomic E-state index is 5.64. The zero-order chi connectivity index (χ0) is 10.1. The van der Waals surface area contributed by atoms with Crippen LogP contribution in [0, 0.1) is 6.92 Å². The smallest absolute Gasteiger partial charge is 0.241 e. The molecule has 0 saturated heterocycles. The number of aryl methyl sites for hydroxylation is 1. The van der Waals surface area contributed by atoms with Crippen LogP contribution in [0.25, 0.3) is 11.4 Å². The number of nitrogens with zero attached hydrogens (tertiary/aromatic N) is 3. The highest BCUT2D eigenvalue weighted by atomic mass is 15.4. The summed E-state index contributed by atoms with van der Waals surface area (Å²) in [6, 6.07) is 7.84. The number of aromatic nitrogens is 3. The standard InChI is InChI=1S/C9H11N5/c1-6-2-4-7(5-3-6)8-12-13-9(10)14(8)11/h2-5H,11H2,1H3,(H2,10,13). The van der Waals surface area contributed by atoms with E-state index in [0.717, 1.165) is 5.56 Å². The average Bonchev–Trinajstić information content (AvgIpc) is 2.50. The van der Waals surface area contributed by atoms with Gasteiger partial charge in [-0.2, -0.15) is 0 Å². The van der Waals surface area contributed by atoms with Crippen molar-refractivity contribution in [1.29, 1.82) is 0 Å². The van der Waals surface area contributed by atoms with Crippen molar-refractivity contribution in [2.45, 2.75) is 6.92 Å². The minimum absolute atomic E-state index is 0.209. The fourth-order valence-electron chi connectivity index (χ4n) is 1.20. The van der Waals surface area contributed by atoms with Gasteiger partial charge in [-0.15, -0.1) is 10.2 Å². The summed E-state index contributed by atoms with van der Waals surface area (Å²) < 4.78 is 1.27. The van der Waals surface area contributed by atoms with Crippen LogP contribution >= 0.6 is 0 Å². The zero-order valence-electron chi connectivity index (χ0n) is 7.81. The topological polar surface area (TPSA) is 82.8 Å². The Labute approximate surface area is 81.3 Å². The molecule has 0 aliphatic carbocycles. The molecule has 5 heteroatoms. The van der Waals surface area contributed by atoms with Gasteiger partial charge in [-0.1, -0.05) is 29.8 Å². The fourth-order valence-corrected chi connectivity index (χ4v) is 1.20. The van der Waals surface area contributed by atoms with Crippen LogP contribution in [0.4, 0.5) is 5.95 Å². The molecule has 0 spiro atoms. The molecular formula is C9H11N5. The Hall–Kier alpha value is -2.04. The van der Waals surface area contributed by atoms with E-state index >= 15 is 0 Å². The Morgan fingerprint density at radius 3 is 2.29 bits per heavy atom. The summed E-state index contributed by atoms with van der Waals surface area (Å²) in [7, 11) is 0. The fraction of sp³-hybridized carbons (Fsp3) is 0.111. The monoisotopic (exact) mass is 189 g/mol. The van der Waals surface area contributed by atoms with E-state index in [1.165, 1.54) is 10.2 Å². The highest BCUT2D eigenvalue weighted by Gasteiger charge is 2.07. The summed E-state index contributed by atoms with van der Waals surface area (Å²) in [4.78, 5) is 0. The normalized spacial score (nSPS) is 10.4. The molecule has 0 fully saturated rings. The van der Waals surface area contributed by atoms with Crippen molar-refractivity contribution >= 4 is 5.95 Å². The lowest BCUT2D eigenvalue weighted by Gasteiger charge is -2.01. The molecule has 2 aromatic rings. The van der Waals surface area contributed by atoms with Crippen molar-refractivity contribution in [3.63, 3.8) is 0 Å². The molecule has 0 aliphatic heterocycles. The second-order valence-corrected chi connectivity index (χ2v) is 3.12. The molecule has 1 aromatic carbocycles. The molecule has 1 aromatic heterocycles. The van der Waals surface area contributed by atoms with Gasteiger partial charge in [0, 0.05) is 5.56 Å². The van der Waals surface area contributed by atoms with Gasteiger partial charge >= 0.3 is 0 Å². The molecule has 72 valence electrons. The van der Waals surface area contributed by atoms with Crippen molar-refractivity contribution in [2.24, 2.45) is 0 Å². The van der Waals surface area contributed by atoms with E-state index in [4.69, 9.17) is 11.6 Å². The van der Waals surface area contributed by atoms with Gasteiger partial charge in [-0.05, 0) is 6.92 Å². The maximum atomic E-state index is 5.64. The minimum atomic E-state index is 0.209. The molecule has 5 nitrogen and oxygen atoms in total. The quantitative estimate of drug-likeness (QED) is 0.642. The van der Waals surface area contributed by atoms with Crippen LogP contribution in [0.5, 0.6) is 0 Å². The molecule has 0 aliphatic rings. The highest BCUT2D eigenvalue weighted by molar-refractivity contribution is 5.57. The molecule has 0 atom stereocenters. The number of hydrogen-bond donors (Lipinski definition) is 2. The van der Waals surface area contributed by atoms with Gasteiger partial charge in [-0.3, -0.25) is 0 Å². The Bertz CT molecular complexity index is 443. The van der Waals surface area contributed by atoms with Gasteiger partial charge in [0.15, 0.2) is 5.82 Å². The summed E-state index contributed by atoms with van der Waals surface area (Å²) in [6.07, 6.45) is 0. The number of rotatable bonds is 1. The molecule has 14 heavy (non-hydrogen) atoms. The summed E-state index contributed by atoms with van der Waals surface area (Å²) in [6.45, 7) is 2.02. The van der Waals surface area contributed by atoms with Gasteiger partial charge in [0.2, 0.25) is 5.95 Å². The van der Waals surface area contributed by atoms with E-state index in [2.05, 4.69) is 10.2 Å². The lowest BCUT2D eigenvalue weighted by molar-refractivity contribution is 1.02. The Kier molecular flexibility index (Phi) is 1.85. The lowest BCUT2D eigenvalue weighted by Crippen LogP contribution is -2.13. The van der Waals surface area contributed by atoms with Crippen LogP contribution in [0.2, 0.25) is 0 Å². The highest BCUT2D eigenvalue weighted by Crippen LogP contribution is 2.17. The van der Waals surface area contributed by atoms with Gasteiger partial charge in [-0.25, -0.2) is 4.68 Å². The van der Waals surface area contributed by atoms with Gasteiger partial charge in [0.25, 0.3) is 0 Å². The number of hydrogen-bond acceptors (Lipinski definition) is 4. The lowest BCUT2D eigenvalue weighted by atomic mass is 10.1. The first kappa shape index (κ1) is 8.55. The predicted octanol–water partition coefficient (Wildman–Crippen LogP) is 0.550. The molecule has 4 N–H and O–H groups in total. The minimum Gasteiger partial charge on any atom is -0.366 e. The molecule has 0 radical (unpaired) electrons. The first-order valence-corrected chi connectivity index (χ1v) is 4.21. The number of benzene rings is 1. The van der Waals surface area contributed by atoms with Gasteiger partial charge in [0.1, 0.15) is 0 Å². The second kappa shape index (κ2) is 3.02. The molecule has 0 saturated carbocycles. The summed E-state index contributed by atoms with van der Waals surface area (Å²) >= 11 is 0. The van der Waals surface area contributed by atoms with Crippen LogP contribution in [0.1, 0.15) is 5.56 Å². The van der Waals surface area contributed by atoms with Crippen LogP contribution in [0.15, 0.2) is 24.3 Å². The first-order chi connectivity index (χ1) is 6.68. The van der Waals surface area contributed by atoms with E-state index in [1.807, 2.05) is 31.2 Å². The van der Waals surface area contributed by atoms with Crippen LogP contribution < -0.4 is 11.6 Å². The van der Waals surface area contributed by atoms with Crippen molar-refractivity contribution in [1.82, 2.24) is 14.9 Å². The Morgan fingerprint density at radius 2 is 1.79 bits per heavy atom. The molecule has 1 heterocycles. The van der Waals surface area contributed by atoms with Crippen molar-refractivity contribution in [3.8, 4) is 11.4 Å². The number of nitrogen functional groups attached to an aromatic ring is 2. The molecule has 0 bridgehead atoms. The van der Waals surface area contributed by atoms with E-state index in [9.17, 15) is 0 Å².